The van der Waals surface area contributed by atoms with E-state index in [1.165, 1.54) is 0 Å². The molecular weight excluding hydrogens is 292 g/mol. The van der Waals surface area contributed by atoms with Crippen LogP contribution in [0, 0.1) is 0 Å². The average Bonchev–Trinajstić information content (AvgIpc) is 3.09. The Labute approximate surface area is 133 Å². The second-order valence-corrected chi connectivity index (χ2v) is 4.97. The van der Waals surface area contributed by atoms with E-state index in [1.54, 1.807) is 12.3 Å². The molecular formula is C17H16N4O2. The predicted octanol–water partition coefficient (Wildman–Crippen LogP) is 2.13. The molecule has 0 atom stereocenters. The number of carbonyl (C=O) groups excluding carboxylic acids is 1. The number of benzene rings is 1. The highest BCUT2D eigenvalue weighted by Crippen LogP contribution is 2.17. The van der Waals surface area contributed by atoms with Gasteiger partial charge in [0.1, 0.15) is 17.3 Å². The molecule has 1 aromatic carbocycles. The van der Waals surface area contributed by atoms with Gasteiger partial charge in [0, 0.05) is 5.56 Å². The molecule has 1 amide bonds. The molecule has 3 rings (SSSR count). The topological polar surface area (TPSA) is 94.0 Å². The Morgan fingerprint density at radius 3 is 2.61 bits per heavy atom. The molecule has 0 unspecified atom stereocenters. The first-order valence-electron chi connectivity index (χ1n) is 7.18. The summed E-state index contributed by atoms with van der Waals surface area (Å²) in [6.07, 6.45) is 1.62. The van der Waals surface area contributed by atoms with Crippen LogP contribution >= 0.6 is 0 Å². The van der Waals surface area contributed by atoms with Crippen LogP contribution in [0.4, 0.5) is 0 Å². The quantitative estimate of drug-likeness (QED) is 0.727. The molecule has 0 aliphatic heterocycles. The van der Waals surface area contributed by atoms with Crippen molar-refractivity contribution in [1.82, 2.24) is 15.3 Å². The second kappa shape index (κ2) is 6.85. The number of nitrogens with one attached hydrogen (secondary N) is 1. The number of aromatic nitrogens is 2. The van der Waals surface area contributed by atoms with Crippen molar-refractivity contribution in [2.45, 2.75) is 13.1 Å². The van der Waals surface area contributed by atoms with Crippen LogP contribution in [0.3, 0.4) is 0 Å². The number of primary amides is 1. The van der Waals surface area contributed by atoms with Crippen molar-refractivity contribution in [3.63, 3.8) is 0 Å². The SMILES string of the molecule is NC(=O)c1cc(-c2ccccc2)nc(CNCc2ccco2)n1. The Balaban J connectivity index is 1.81. The predicted molar refractivity (Wildman–Crippen MR) is 85.2 cm³/mol. The maximum absolute atomic E-state index is 11.5. The molecule has 0 radical (unpaired) electrons. The highest BCUT2D eigenvalue weighted by Gasteiger charge is 2.10. The number of hydrogen-bond donors (Lipinski definition) is 2. The van der Waals surface area contributed by atoms with Gasteiger partial charge in [-0.1, -0.05) is 30.3 Å². The third-order valence-corrected chi connectivity index (χ3v) is 3.26. The van der Waals surface area contributed by atoms with E-state index < -0.39 is 5.91 Å². The zero-order valence-corrected chi connectivity index (χ0v) is 12.4. The Kier molecular flexibility index (Phi) is 4.44. The summed E-state index contributed by atoms with van der Waals surface area (Å²) in [5.41, 5.74) is 7.15. The van der Waals surface area contributed by atoms with Crippen molar-refractivity contribution in [3.8, 4) is 11.3 Å². The van der Waals surface area contributed by atoms with Gasteiger partial charge in [0.15, 0.2) is 0 Å². The van der Waals surface area contributed by atoms with Gasteiger partial charge in [-0.05, 0) is 18.2 Å². The Bertz CT molecular complexity index is 786. The first-order valence-corrected chi connectivity index (χ1v) is 7.18. The van der Waals surface area contributed by atoms with Gasteiger partial charge in [-0.15, -0.1) is 0 Å². The first kappa shape index (κ1) is 14.9. The number of rotatable bonds is 6. The van der Waals surface area contributed by atoms with Crippen molar-refractivity contribution in [2.24, 2.45) is 5.73 Å². The number of nitrogens with zero attached hydrogens (tertiary/aromatic N) is 2. The third kappa shape index (κ3) is 3.81. The fraction of sp³-hybridized carbons (Fsp3) is 0.118. The summed E-state index contributed by atoms with van der Waals surface area (Å²) in [4.78, 5) is 20.2. The molecule has 0 bridgehead atoms. The molecule has 23 heavy (non-hydrogen) atoms. The Morgan fingerprint density at radius 1 is 1.09 bits per heavy atom. The third-order valence-electron chi connectivity index (χ3n) is 3.26. The highest BCUT2D eigenvalue weighted by atomic mass is 16.3. The largest absolute Gasteiger partial charge is 0.468 e. The molecule has 0 aliphatic carbocycles. The van der Waals surface area contributed by atoms with Crippen molar-refractivity contribution in [2.75, 3.05) is 0 Å². The van der Waals surface area contributed by atoms with Crippen LogP contribution in [0.5, 0.6) is 0 Å². The number of nitrogens with two attached hydrogens (primary N) is 1. The molecule has 0 spiro atoms. The lowest BCUT2D eigenvalue weighted by atomic mass is 10.1. The van der Waals surface area contributed by atoms with Crippen LogP contribution in [-0.4, -0.2) is 15.9 Å². The van der Waals surface area contributed by atoms with E-state index in [1.807, 2.05) is 42.5 Å². The average molecular weight is 308 g/mol. The zero-order chi connectivity index (χ0) is 16.1. The zero-order valence-electron chi connectivity index (χ0n) is 12.4. The van der Waals surface area contributed by atoms with Crippen molar-refractivity contribution in [1.29, 1.82) is 0 Å². The van der Waals surface area contributed by atoms with Gasteiger partial charge in [0.25, 0.3) is 5.91 Å². The number of furan rings is 1. The summed E-state index contributed by atoms with van der Waals surface area (Å²) in [6.45, 7) is 0.958. The molecule has 0 fully saturated rings. The molecule has 6 heteroatoms. The lowest BCUT2D eigenvalue weighted by Crippen LogP contribution is -2.19. The van der Waals surface area contributed by atoms with E-state index in [0.717, 1.165) is 11.3 Å². The highest BCUT2D eigenvalue weighted by molar-refractivity contribution is 5.91. The molecule has 0 saturated carbocycles. The van der Waals surface area contributed by atoms with E-state index in [0.29, 0.717) is 24.6 Å². The van der Waals surface area contributed by atoms with E-state index >= 15 is 0 Å². The van der Waals surface area contributed by atoms with Crippen LogP contribution in [0.1, 0.15) is 22.1 Å². The summed E-state index contributed by atoms with van der Waals surface area (Å²) in [6, 6.07) is 14.9. The lowest BCUT2D eigenvalue weighted by molar-refractivity contribution is 0.0995. The Hall–Kier alpha value is -2.99. The molecule has 3 aromatic rings. The van der Waals surface area contributed by atoms with E-state index in [4.69, 9.17) is 10.2 Å². The molecule has 2 aromatic heterocycles. The molecule has 0 saturated heterocycles. The van der Waals surface area contributed by atoms with Crippen LogP contribution in [0.15, 0.2) is 59.2 Å². The van der Waals surface area contributed by atoms with Crippen LogP contribution < -0.4 is 11.1 Å². The number of amides is 1. The minimum Gasteiger partial charge on any atom is -0.468 e. The van der Waals surface area contributed by atoms with Crippen molar-refractivity contribution in [3.05, 3.63) is 72.1 Å². The molecule has 2 heterocycles. The van der Waals surface area contributed by atoms with Crippen LogP contribution in [-0.2, 0) is 13.1 Å². The van der Waals surface area contributed by atoms with Crippen LogP contribution in [0.25, 0.3) is 11.3 Å². The lowest BCUT2D eigenvalue weighted by Gasteiger charge is -2.07. The van der Waals surface area contributed by atoms with Gasteiger partial charge in [-0.25, -0.2) is 9.97 Å². The van der Waals surface area contributed by atoms with Gasteiger partial charge in [0.2, 0.25) is 0 Å². The fourth-order valence-electron chi connectivity index (χ4n) is 2.17. The monoisotopic (exact) mass is 308 g/mol. The van der Waals surface area contributed by atoms with Gasteiger partial charge in [0.05, 0.1) is 25.0 Å². The van der Waals surface area contributed by atoms with Gasteiger partial charge < -0.3 is 15.5 Å². The molecule has 0 aliphatic rings. The maximum Gasteiger partial charge on any atom is 0.267 e. The van der Waals surface area contributed by atoms with E-state index in [9.17, 15) is 4.79 Å². The van der Waals surface area contributed by atoms with Crippen molar-refractivity contribution < 1.29 is 9.21 Å². The number of hydrogen-bond acceptors (Lipinski definition) is 5. The fourth-order valence-corrected chi connectivity index (χ4v) is 2.17. The normalized spacial score (nSPS) is 10.6. The Morgan fingerprint density at radius 2 is 1.91 bits per heavy atom. The van der Waals surface area contributed by atoms with Crippen molar-refractivity contribution >= 4 is 5.91 Å². The maximum atomic E-state index is 11.5. The molecule has 3 N–H and O–H groups in total. The van der Waals surface area contributed by atoms with E-state index in [2.05, 4.69) is 15.3 Å². The minimum absolute atomic E-state index is 0.202. The minimum atomic E-state index is -0.572. The van der Waals surface area contributed by atoms with Gasteiger partial charge in [-0.2, -0.15) is 0 Å². The second-order valence-electron chi connectivity index (χ2n) is 4.97. The summed E-state index contributed by atoms with van der Waals surface area (Å²) < 4.78 is 5.25. The molecule has 6 nitrogen and oxygen atoms in total. The summed E-state index contributed by atoms with van der Waals surface area (Å²) >= 11 is 0. The smallest absolute Gasteiger partial charge is 0.267 e. The first-order chi connectivity index (χ1) is 11.2. The van der Waals surface area contributed by atoms with E-state index in [-0.39, 0.29) is 5.69 Å². The summed E-state index contributed by atoms with van der Waals surface area (Å²) in [5, 5.41) is 3.18. The summed E-state index contributed by atoms with van der Waals surface area (Å²) in [5.74, 6) is 0.753. The van der Waals surface area contributed by atoms with Crippen LogP contribution in [0.2, 0.25) is 0 Å². The number of carbonyl (C=O) groups is 1. The summed E-state index contributed by atoms with van der Waals surface area (Å²) in [7, 11) is 0. The van der Waals surface area contributed by atoms with Gasteiger partial charge in [-0.3, -0.25) is 4.79 Å². The molecule has 116 valence electrons. The van der Waals surface area contributed by atoms with Gasteiger partial charge >= 0.3 is 0 Å². The standard InChI is InChI=1S/C17H16N4O2/c18-17(22)15-9-14(12-5-2-1-3-6-12)20-16(21-15)11-19-10-13-7-4-8-23-13/h1-9,19H,10-11H2,(H2,18,22).